The molecule has 0 aliphatic rings. The molecule has 0 aliphatic heterocycles. The van der Waals surface area contributed by atoms with E-state index in [0.29, 0.717) is 5.56 Å². The van der Waals surface area contributed by atoms with Gasteiger partial charge in [-0.1, -0.05) is 72.1 Å². The molecule has 164 valence electrons. The van der Waals surface area contributed by atoms with Crippen molar-refractivity contribution in [3.8, 4) is 0 Å². The maximum absolute atomic E-state index is 11.7. The minimum atomic E-state index is -4.40. The SMILES string of the molecule is BrCc1cccc(Br)c1.FC(F)(F)COCc1cccc(Br)c1.OCC(F)(F)F. The summed E-state index contributed by atoms with van der Waals surface area (Å²) in [6.45, 7) is -2.97. The molecule has 0 atom stereocenters. The third-order valence-corrected chi connectivity index (χ3v) is 4.28. The quantitative estimate of drug-likeness (QED) is 0.286. The number of ether oxygens (including phenoxy) is 1. The van der Waals surface area contributed by atoms with Crippen LogP contribution in [0.2, 0.25) is 0 Å². The Kier molecular flexibility index (Phi) is 14.1. The van der Waals surface area contributed by atoms with Gasteiger partial charge in [0.2, 0.25) is 0 Å². The summed E-state index contributed by atoms with van der Waals surface area (Å²) in [7, 11) is 0. The summed E-state index contributed by atoms with van der Waals surface area (Å²) in [6.07, 6.45) is -8.66. The van der Waals surface area contributed by atoms with E-state index in [1.807, 2.05) is 12.1 Å². The highest BCUT2D eigenvalue weighted by atomic mass is 79.9. The minimum Gasteiger partial charge on any atom is -0.387 e. The lowest BCUT2D eigenvalue weighted by atomic mass is 10.2. The minimum absolute atomic E-state index is 0.0288. The third kappa shape index (κ3) is 17.9. The van der Waals surface area contributed by atoms with Crippen LogP contribution in [0.15, 0.2) is 57.5 Å². The molecule has 0 spiro atoms. The van der Waals surface area contributed by atoms with Crippen molar-refractivity contribution in [1.82, 2.24) is 0 Å². The Labute approximate surface area is 189 Å². The van der Waals surface area contributed by atoms with Gasteiger partial charge in [-0.25, -0.2) is 0 Å². The average Bonchev–Trinajstić information content (AvgIpc) is 2.61. The maximum Gasteiger partial charge on any atom is 0.411 e. The van der Waals surface area contributed by atoms with Crippen LogP contribution in [0.3, 0.4) is 0 Å². The molecule has 0 fully saturated rings. The van der Waals surface area contributed by atoms with Gasteiger partial charge in [-0.2, -0.15) is 26.3 Å². The topological polar surface area (TPSA) is 29.5 Å². The zero-order valence-electron chi connectivity index (χ0n) is 14.7. The standard InChI is InChI=1S/C9H8BrF3O.C7H6Br2.C2H3F3O/c10-8-3-1-2-7(4-8)5-14-6-9(11,12)13;8-5-6-2-1-3-7(9)4-6;3-2(4,5)1-6/h1-4H,5-6H2;1-4H,5H2;6H,1H2. The summed E-state index contributed by atoms with van der Waals surface area (Å²) in [4.78, 5) is 0. The van der Waals surface area contributed by atoms with Gasteiger partial charge < -0.3 is 9.84 Å². The molecule has 0 aromatic heterocycles. The van der Waals surface area contributed by atoms with Crippen molar-refractivity contribution in [2.45, 2.75) is 24.3 Å². The smallest absolute Gasteiger partial charge is 0.387 e. The second kappa shape index (κ2) is 14.4. The zero-order valence-corrected chi connectivity index (χ0v) is 19.5. The van der Waals surface area contributed by atoms with Gasteiger partial charge >= 0.3 is 12.4 Å². The fraction of sp³-hybridized carbons (Fsp3) is 0.333. The van der Waals surface area contributed by atoms with Crippen molar-refractivity contribution >= 4 is 47.8 Å². The van der Waals surface area contributed by atoms with E-state index in [4.69, 9.17) is 5.11 Å². The van der Waals surface area contributed by atoms with Crippen molar-refractivity contribution in [2.24, 2.45) is 0 Å². The van der Waals surface area contributed by atoms with Crippen LogP contribution < -0.4 is 0 Å². The second-order valence-electron chi connectivity index (χ2n) is 5.27. The van der Waals surface area contributed by atoms with Gasteiger partial charge in [-0.05, 0) is 35.4 Å². The largest absolute Gasteiger partial charge is 0.411 e. The molecule has 1 N–H and O–H groups in total. The summed E-state index contributed by atoms with van der Waals surface area (Å²) >= 11 is 9.97. The number of aliphatic hydroxyl groups excluding tert-OH is 1. The predicted octanol–water partition coefficient (Wildman–Crippen LogP) is 7.41. The molecule has 2 nitrogen and oxygen atoms in total. The Hall–Kier alpha value is -0.620. The highest BCUT2D eigenvalue weighted by Crippen LogP contribution is 2.17. The summed E-state index contributed by atoms with van der Waals surface area (Å²) in [5, 5.41) is 8.20. The fourth-order valence-electron chi connectivity index (χ4n) is 1.53. The second-order valence-corrected chi connectivity index (χ2v) is 7.67. The summed E-state index contributed by atoms with van der Waals surface area (Å²) < 4.78 is 73.2. The predicted molar refractivity (Wildman–Crippen MR) is 110 cm³/mol. The number of halogens is 9. The van der Waals surface area contributed by atoms with E-state index in [1.54, 1.807) is 24.3 Å². The molecule has 0 bridgehead atoms. The Bertz CT molecular complexity index is 708. The summed E-state index contributed by atoms with van der Waals surface area (Å²) in [5.41, 5.74) is 2.01. The molecular weight excluding hydrogens is 602 g/mol. The van der Waals surface area contributed by atoms with Gasteiger partial charge in [-0.3, -0.25) is 0 Å². The van der Waals surface area contributed by atoms with Crippen LogP contribution in [0.5, 0.6) is 0 Å². The van der Waals surface area contributed by atoms with Crippen molar-refractivity contribution in [3.05, 3.63) is 68.6 Å². The zero-order chi connectivity index (χ0) is 22.5. The van der Waals surface area contributed by atoms with Crippen molar-refractivity contribution < 1.29 is 36.2 Å². The van der Waals surface area contributed by atoms with Crippen LogP contribution >= 0.6 is 47.8 Å². The lowest BCUT2D eigenvalue weighted by Crippen LogP contribution is -2.16. The Morgan fingerprint density at radius 1 is 0.793 bits per heavy atom. The van der Waals surface area contributed by atoms with Crippen molar-refractivity contribution in [1.29, 1.82) is 0 Å². The molecule has 0 saturated heterocycles. The molecule has 0 aliphatic carbocycles. The fourth-order valence-corrected chi connectivity index (χ4v) is 2.77. The monoisotopic (exact) mass is 616 g/mol. The molecule has 2 aromatic rings. The van der Waals surface area contributed by atoms with Crippen LogP contribution in [-0.4, -0.2) is 30.7 Å². The Balaban J connectivity index is 0.000000448. The molecule has 0 radical (unpaired) electrons. The van der Waals surface area contributed by atoms with Crippen LogP contribution in [0.25, 0.3) is 0 Å². The lowest BCUT2D eigenvalue weighted by molar-refractivity contribution is -0.176. The van der Waals surface area contributed by atoms with E-state index in [-0.39, 0.29) is 6.61 Å². The van der Waals surface area contributed by atoms with E-state index in [9.17, 15) is 26.3 Å². The van der Waals surface area contributed by atoms with Gasteiger partial charge in [-0.15, -0.1) is 0 Å². The molecular formula is C18H17Br3F6O2. The van der Waals surface area contributed by atoms with Crippen molar-refractivity contribution in [3.63, 3.8) is 0 Å². The number of rotatable bonds is 4. The van der Waals surface area contributed by atoms with Crippen LogP contribution in [0.1, 0.15) is 11.1 Å². The van der Waals surface area contributed by atoms with Crippen LogP contribution in [0, 0.1) is 0 Å². The van der Waals surface area contributed by atoms with Crippen LogP contribution in [0.4, 0.5) is 26.3 Å². The maximum atomic E-state index is 11.7. The first-order valence-corrected chi connectivity index (χ1v) is 10.4. The summed E-state index contributed by atoms with van der Waals surface area (Å²) in [6, 6.07) is 15.2. The average molecular weight is 619 g/mol. The number of hydrogen-bond donors (Lipinski definition) is 1. The number of alkyl halides is 7. The first-order valence-electron chi connectivity index (χ1n) is 7.73. The highest BCUT2D eigenvalue weighted by Gasteiger charge is 2.27. The van der Waals surface area contributed by atoms with E-state index >= 15 is 0 Å². The van der Waals surface area contributed by atoms with Crippen LogP contribution in [-0.2, 0) is 16.7 Å². The molecule has 0 heterocycles. The molecule has 2 rings (SSSR count). The number of benzene rings is 2. The van der Waals surface area contributed by atoms with Gasteiger partial charge in [0, 0.05) is 14.3 Å². The van der Waals surface area contributed by atoms with E-state index in [2.05, 4.69) is 64.7 Å². The molecule has 11 heteroatoms. The van der Waals surface area contributed by atoms with Crippen molar-refractivity contribution in [2.75, 3.05) is 13.2 Å². The summed E-state index contributed by atoms with van der Waals surface area (Å²) in [5.74, 6) is 0. The van der Waals surface area contributed by atoms with Gasteiger partial charge in [0.15, 0.2) is 0 Å². The van der Waals surface area contributed by atoms with Gasteiger partial charge in [0.1, 0.15) is 13.2 Å². The molecule has 29 heavy (non-hydrogen) atoms. The normalized spacial score (nSPS) is 11.1. The third-order valence-electron chi connectivity index (χ3n) is 2.65. The molecule has 0 amide bonds. The van der Waals surface area contributed by atoms with E-state index in [1.165, 1.54) is 5.56 Å². The highest BCUT2D eigenvalue weighted by molar-refractivity contribution is 9.10. The number of hydrogen-bond acceptors (Lipinski definition) is 2. The lowest BCUT2D eigenvalue weighted by Gasteiger charge is -2.07. The number of aliphatic hydroxyl groups is 1. The Morgan fingerprint density at radius 2 is 1.24 bits per heavy atom. The first kappa shape index (κ1) is 28.4. The van der Waals surface area contributed by atoms with Gasteiger partial charge in [0.25, 0.3) is 0 Å². The molecule has 0 unspecified atom stereocenters. The Morgan fingerprint density at radius 3 is 1.59 bits per heavy atom. The first-order chi connectivity index (χ1) is 13.4. The van der Waals surface area contributed by atoms with E-state index in [0.717, 1.165) is 14.3 Å². The molecule has 0 saturated carbocycles. The van der Waals surface area contributed by atoms with E-state index < -0.39 is 25.6 Å². The molecule has 2 aromatic carbocycles. The van der Waals surface area contributed by atoms with Gasteiger partial charge in [0.05, 0.1) is 6.61 Å².